The van der Waals surface area contributed by atoms with Crippen molar-refractivity contribution in [3.63, 3.8) is 0 Å². The van der Waals surface area contributed by atoms with E-state index in [9.17, 15) is 13.5 Å². The van der Waals surface area contributed by atoms with E-state index >= 15 is 0 Å². The first-order valence-electron chi connectivity index (χ1n) is 6.85. The number of anilines is 1. The third kappa shape index (κ3) is 4.73. The summed E-state index contributed by atoms with van der Waals surface area (Å²) in [5.74, 6) is 0.0165. The van der Waals surface area contributed by atoms with Crippen LogP contribution < -0.4 is 4.90 Å². The van der Waals surface area contributed by atoms with Gasteiger partial charge in [-0.05, 0) is 23.3 Å². The first kappa shape index (κ1) is 16.8. The summed E-state index contributed by atoms with van der Waals surface area (Å²) in [5, 5.41) is 9.84. The molecule has 1 atom stereocenters. The molecule has 1 N–H and O–H groups in total. The van der Waals surface area contributed by atoms with E-state index in [4.69, 9.17) is 11.6 Å². The Morgan fingerprint density at radius 2 is 1.82 bits per heavy atom. The van der Waals surface area contributed by atoms with Crippen molar-refractivity contribution in [2.45, 2.75) is 12.6 Å². The lowest BCUT2D eigenvalue weighted by molar-refractivity contribution is 0.202. The van der Waals surface area contributed by atoms with Crippen molar-refractivity contribution in [1.29, 1.82) is 0 Å². The second kappa shape index (κ2) is 8.17. The maximum Gasteiger partial charge on any atom is 0.158 e. The molecule has 0 heterocycles. The molecule has 0 aromatic heterocycles. The summed E-state index contributed by atoms with van der Waals surface area (Å²) in [6, 6.07) is 16.8. The minimum Gasteiger partial charge on any atom is -0.387 e. The Morgan fingerprint density at radius 3 is 2.45 bits per heavy atom. The summed E-state index contributed by atoms with van der Waals surface area (Å²) in [6.45, 7) is 0.477. The fourth-order valence-corrected chi connectivity index (χ4v) is 2.90. The van der Waals surface area contributed by atoms with E-state index in [1.165, 1.54) is 0 Å². The Balaban J connectivity index is 2.28. The van der Waals surface area contributed by atoms with E-state index in [-0.39, 0.29) is 11.8 Å². The van der Waals surface area contributed by atoms with Crippen molar-refractivity contribution in [2.24, 2.45) is 0 Å². The Morgan fingerprint density at radius 1 is 1.09 bits per heavy atom. The zero-order chi connectivity index (χ0) is 15.9. The molecule has 2 aromatic carbocycles. The van der Waals surface area contributed by atoms with Crippen molar-refractivity contribution >= 4 is 28.0 Å². The van der Waals surface area contributed by atoms with Crippen LogP contribution in [0.25, 0.3) is 0 Å². The first-order chi connectivity index (χ1) is 10.6. The van der Waals surface area contributed by atoms with E-state index in [0.29, 0.717) is 12.1 Å². The third-order valence-corrected chi connectivity index (χ3v) is 4.13. The molecule has 6 heteroatoms. The van der Waals surface area contributed by atoms with E-state index in [0.717, 1.165) is 11.3 Å². The van der Waals surface area contributed by atoms with Crippen LogP contribution in [0.15, 0.2) is 54.6 Å². The quantitative estimate of drug-likeness (QED) is 0.601. The average Bonchev–Trinajstić information content (AvgIpc) is 2.54. The summed E-state index contributed by atoms with van der Waals surface area (Å²) >= 11 is 5.67. The SMILES string of the molecule is O=[SH](=O)CN(Cc1ccccc1)c1cccc([C@@H](O)CCl)c1. The average molecular weight is 340 g/mol. The van der Waals surface area contributed by atoms with Gasteiger partial charge in [0.25, 0.3) is 0 Å². The van der Waals surface area contributed by atoms with E-state index in [2.05, 4.69) is 0 Å². The maximum atomic E-state index is 11.2. The van der Waals surface area contributed by atoms with Gasteiger partial charge in [-0.2, -0.15) is 0 Å². The van der Waals surface area contributed by atoms with Gasteiger partial charge in [0.15, 0.2) is 10.7 Å². The molecule has 4 nitrogen and oxygen atoms in total. The van der Waals surface area contributed by atoms with Crippen molar-refractivity contribution in [3.8, 4) is 0 Å². The highest BCUT2D eigenvalue weighted by Crippen LogP contribution is 2.23. The molecule has 2 rings (SSSR count). The molecule has 0 spiro atoms. The van der Waals surface area contributed by atoms with Gasteiger partial charge in [0, 0.05) is 12.2 Å². The monoisotopic (exact) mass is 339 g/mol. The Kier molecular flexibility index (Phi) is 6.24. The van der Waals surface area contributed by atoms with Crippen LogP contribution >= 0.6 is 11.6 Å². The fraction of sp³-hybridized carbons (Fsp3) is 0.250. The molecular formula is C16H18ClNO3S. The summed E-state index contributed by atoms with van der Waals surface area (Å²) in [5.41, 5.74) is 2.43. The largest absolute Gasteiger partial charge is 0.387 e. The maximum absolute atomic E-state index is 11.2. The smallest absolute Gasteiger partial charge is 0.158 e. The number of hydrogen-bond donors (Lipinski definition) is 2. The van der Waals surface area contributed by atoms with E-state index < -0.39 is 16.8 Å². The first-order valence-corrected chi connectivity index (χ1v) is 8.74. The van der Waals surface area contributed by atoms with Crippen LogP contribution in [0.1, 0.15) is 17.2 Å². The highest BCUT2D eigenvalue weighted by atomic mass is 35.5. The van der Waals surface area contributed by atoms with Crippen molar-refractivity contribution in [1.82, 2.24) is 0 Å². The van der Waals surface area contributed by atoms with E-state index in [1.54, 1.807) is 23.1 Å². The highest BCUT2D eigenvalue weighted by Gasteiger charge is 2.12. The molecule has 0 aliphatic heterocycles. The van der Waals surface area contributed by atoms with Crippen LogP contribution in [-0.4, -0.2) is 25.3 Å². The van der Waals surface area contributed by atoms with Crippen LogP contribution in [-0.2, 0) is 17.2 Å². The number of thiol groups is 1. The van der Waals surface area contributed by atoms with E-state index in [1.807, 2.05) is 36.4 Å². The lowest BCUT2D eigenvalue weighted by atomic mass is 10.1. The number of hydrogen-bond acceptors (Lipinski definition) is 4. The highest BCUT2D eigenvalue weighted by molar-refractivity contribution is 7.72. The third-order valence-electron chi connectivity index (χ3n) is 3.27. The van der Waals surface area contributed by atoms with Gasteiger partial charge in [-0.3, -0.25) is 0 Å². The minimum absolute atomic E-state index is 0.0787. The molecule has 0 aliphatic rings. The molecule has 2 aromatic rings. The summed E-state index contributed by atoms with van der Waals surface area (Å²) < 4.78 is 22.3. The fourth-order valence-electron chi connectivity index (χ4n) is 2.18. The molecule has 0 saturated heterocycles. The van der Waals surface area contributed by atoms with Gasteiger partial charge in [0.1, 0.15) is 5.88 Å². The van der Waals surface area contributed by atoms with Gasteiger partial charge >= 0.3 is 0 Å². The second-order valence-electron chi connectivity index (χ2n) is 4.92. The van der Waals surface area contributed by atoms with Gasteiger partial charge < -0.3 is 10.0 Å². The Labute approximate surface area is 136 Å². The molecule has 0 saturated carbocycles. The van der Waals surface area contributed by atoms with Crippen LogP contribution in [0.5, 0.6) is 0 Å². The number of alkyl halides is 1. The Bertz CT molecular complexity index is 668. The number of rotatable bonds is 7. The van der Waals surface area contributed by atoms with Crippen LogP contribution in [0.4, 0.5) is 5.69 Å². The summed E-state index contributed by atoms with van der Waals surface area (Å²) in [4.78, 5) is 1.76. The molecule has 0 bridgehead atoms. The van der Waals surface area contributed by atoms with Gasteiger partial charge in [-0.1, -0.05) is 42.5 Å². The van der Waals surface area contributed by atoms with Crippen molar-refractivity contribution in [3.05, 3.63) is 65.7 Å². The molecule has 0 unspecified atom stereocenters. The summed E-state index contributed by atoms with van der Waals surface area (Å²) in [7, 11) is -2.55. The molecule has 0 amide bonds. The van der Waals surface area contributed by atoms with Gasteiger partial charge in [-0.15, -0.1) is 11.6 Å². The second-order valence-corrected chi connectivity index (χ2v) is 6.18. The summed E-state index contributed by atoms with van der Waals surface area (Å²) in [6.07, 6.45) is -0.763. The number of aliphatic hydroxyl groups is 1. The standard InChI is InChI=1S/C16H18ClNO3S/c17-10-16(19)14-7-4-8-15(9-14)18(12-22(20)21)11-13-5-2-1-3-6-13/h1-9,16,19,22H,10-12H2/t16-/m0/s1. The normalized spacial score (nSPS) is 12.3. The zero-order valence-corrected chi connectivity index (χ0v) is 13.6. The number of benzene rings is 2. The lowest BCUT2D eigenvalue weighted by Gasteiger charge is -2.23. The van der Waals surface area contributed by atoms with Crippen molar-refractivity contribution in [2.75, 3.05) is 16.7 Å². The minimum atomic E-state index is -2.55. The molecule has 118 valence electrons. The topological polar surface area (TPSA) is 57.6 Å². The molecule has 0 radical (unpaired) electrons. The van der Waals surface area contributed by atoms with Crippen molar-refractivity contribution < 1.29 is 13.5 Å². The molecule has 22 heavy (non-hydrogen) atoms. The number of aliphatic hydroxyl groups excluding tert-OH is 1. The van der Waals surface area contributed by atoms with Gasteiger partial charge in [0.05, 0.1) is 12.0 Å². The van der Waals surface area contributed by atoms with Crippen LogP contribution in [0, 0.1) is 0 Å². The zero-order valence-electron chi connectivity index (χ0n) is 11.9. The molecular weight excluding hydrogens is 322 g/mol. The van der Waals surface area contributed by atoms with Gasteiger partial charge in [0.2, 0.25) is 0 Å². The number of halogens is 1. The van der Waals surface area contributed by atoms with Crippen LogP contribution in [0.2, 0.25) is 0 Å². The Hall–Kier alpha value is -1.56. The van der Waals surface area contributed by atoms with Gasteiger partial charge in [-0.25, -0.2) is 8.42 Å². The number of nitrogens with zero attached hydrogens (tertiary/aromatic N) is 1. The molecule has 0 aliphatic carbocycles. The lowest BCUT2D eigenvalue weighted by Crippen LogP contribution is -2.24. The molecule has 0 fully saturated rings. The predicted molar refractivity (Wildman–Crippen MR) is 89.9 cm³/mol. The van der Waals surface area contributed by atoms with Crippen LogP contribution in [0.3, 0.4) is 0 Å². The predicted octanol–water partition coefficient (Wildman–Crippen LogP) is 2.53.